The maximum absolute atomic E-state index is 9.37. The average Bonchev–Trinajstić information content (AvgIpc) is 2.19. The summed E-state index contributed by atoms with van der Waals surface area (Å²) in [7, 11) is 1.52. The summed E-state index contributed by atoms with van der Waals surface area (Å²) >= 11 is 0. The number of phenols is 1. The van der Waals surface area contributed by atoms with E-state index in [1.165, 1.54) is 7.11 Å². The van der Waals surface area contributed by atoms with Crippen LogP contribution in [-0.2, 0) is 0 Å². The molecule has 0 saturated carbocycles. The van der Waals surface area contributed by atoms with E-state index in [2.05, 4.69) is 0 Å². The van der Waals surface area contributed by atoms with E-state index in [9.17, 15) is 5.11 Å². The molecule has 78 valence electrons. The maximum atomic E-state index is 9.37. The van der Waals surface area contributed by atoms with E-state index in [4.69, 9.17) is 9.84 Å². The van der Waals surface area contributed by atoms with Crippen LogP contribution < -0.4 is 4.74 Å². The summed E-state index contributed by atoms with van der Waals surface area (Å²) in [5.41, 5.74) is 1.06. The number of rotatable bonds is 4. The van der Waals surface area contributed by atoms with Gasteiger partial charge in [-0.25, -0.2) is 0 Å². The van der Waals surface area contributed by atoms with E-state index in [1.54, 1.807) is 12.1 Å². The first-order valence-electron chi connectivity index (χ1n) is 4.66. The predicted molar refractivity (Wildman–Crippen MR) is 54.8 cm³/mol. The number of methoxy groups -OCH3 is 1. The van der Waals surface area contributed by atoms with Gasteiger partial charge in [0.15, 0.2) is 11.5 Å². The van der Waals surface area contributed by atoms with Crippen LogP contribution >= 0.6 is 0 Å². The minimum Gasteiger partial charge on any atom is -0.504 e. The second kappa shape index (κ2) is 4.86. The van der Waals surface area contributed by atoms with Crippen LogP contribution in [0.4, 0.5) is 0 Å². The molecule has 14 heavy (non-hydrogen) atoms. The zero-order valence-electron chi connectivity index (χ0n) is 8.53. The Morgan fingerprint density at radius 1 is 1.43 bits per heavy atom. The molecule has 0 radical (unpaired) electrons. The zero-order valence-corrected chi connectivity index (χ0v) is 8.53. The summed E-state index contributed by atoms with van der Waals surface area (Å²) in [6.07, 6.45) is 0.716. The molecule has 0 aliphatic heterocycles. The number of aliphatic hydroxyl groups excluding tert-OH is 1. The fourth-order valence-corrected chi connectivity index (χ4v) is 1.36. The highest BCUT2D eigenvalue weighted by Crippen LogP contribution is 2.30. The quantitative estimate of drug-likeness (QED) is 0.773. The van der Waals surface area contributed by atoms with Crippen molar-refractivity contribution < 1.29 is 14.9 Å². The van der Waals surface area contributed by atoms with Gasteiger partial charge < -0.3 is 14.9 Å². The van der Waals surface area contributed by atoms with Gasteiger partial charge in [-0.15, -0.1) is 0 Å². The van der Waals surface area contributed by atoms with E-state index in [1.807, 2.05) is 13.0 Å². The Kier molecular flexibility index (Phi) is 3.77. The predicted octanol–water partition coefficient (Wildman–Crippen LogP) is 1.89. The highest BCUT2D eigenvalue weighted by Gasteiger charge is 2.08. The molecule has 0 spiro atoms. The fraction of sp³-hybridized carbons (Fsp3) is 0.455. The third-order valence-corrected chi connectivity index (χ3v) is 2.33. The topological polar surface area (TPSA) is 49.7 Å². The van der Waals surface area contributed by atoms with Gasteiger partial charge in [0.1, 0.15) is 0 Å². The molecule has 3 nitrogen and oxygen atoms in total. The van der Waals surface area contributed by atoms with Crippen LogP contribution in [0.1, 0.15) is 24.8 Å². The molecule has 0 saturated heterocycles. The summed E-state index contributed by atoms with van der Waals surface area (Å²) in [5, 5.41) is 18.2. The van der Waals surface area contributed by atoms with Crippen LogP contribution in [-0.4, -0.2) is 23.9 Å². The van der Waals surface area contributed by atoms with Crippen LogP contribution in [0, 0.1) is 0 Å². The van der Waals surface area contributed by atoms with Crippen LogP contribution in [0.15, 0.2) is 18.2 Å². The van der Waals surface area contributed by atoms with Crippen LogP contribution in [0.2, 0.25) is 0 Å². The molecule has 0 aromatic heterocycles. The molecule has 1 unspecified atom stereocenters. The average molecular weight is 196 g/mol. The molecule has 3 heteroatoms. The first-order valence-corrected chi connectivity index (χ1v) is 4.66. The lowest BCUT2D eigenvalue weighted by molar-refractivity contribution is 0.278. The SMILES string of the molecule is COc1cc(C(C)CCO)ccc1O. The lowest BCUT2D eigenvalue weighted by Crippen LogP contribution is -1.97. The minimum atomic E-state index is 0.146. The molecule has 1 rings (SSSR count). The van der Waals surface area contributed by atoms with Crippen molar-refractivity contribution in [3.63, 3.8) is 0 Å². The van der Waals surface area contributed by atoms with Crippen LogP contribution in [0.25, 0.3) is 0 Å². The summed E-state index contributed by atoms with van der Waals surface area (Å²) in [5.74, 6) is 0.897. The van der Waals surface area contributed by atoms with Crippen molar-refractivity contribution in [2.75, 3.05) is 13.7 Å². The van der Waals surface area contributed by atoms with Crippen molar-refractivity contribution >= 4 is 0 Å². The molecule has 0 aliphatic rings. The second-order valence-electron chi connectivity index (χ2n) is 3.34. The van der Waals surface area contributed by atoms with E-state index < -0.39 is 0 Å². The Balaban J connectivity index is 2.88. The van der Waals surface area contributed by atoms with Gasteiger partial charge in [0.25, 0.3) is 0 Å². The molecule has 0 fully saturated rings. The van der Waals surface area contributed by atoms with Crippen molar-refractivity contribution in [3.8, 4) is 11.5 Å². The first kappa shape index (κ1) is 10.9. The summed E-state index contributed by atoms with van der Waals surface area (Å²) in [6.45, 7) is 2.20. The Labute approximate surface area is 84.0 Å². The lowest BCUT2D eigenvalue weighted by Gasteiger charge is -2.12. The molecule has 1 atom stereocenters. The van der Waals surface area contributed by atoms with Crippen molar-refractivity contribution in [1.29, 1.82) is 0 Å². The second-order valence-corrected chi connectivity index (χ2v) is 3.34. The number of benzene rings is 1. The van der Waals surface area contributed by atoms with Gasteiger partial charge in [0, 0.05) is 6.61 Å². The molecule has 1 aromatic rings. The van der Waals surface area contributed by atoms with E-state index in [-0.39, 0.29) is 18.3 Å². The monoisotopic (exact) mass is 196 g/mol. The van der Waals surface area contributed by atoms with Crippen LogP contribution in [0.3, 0.4) is 0 Å². The Morgan fingerprint density at radius 3 is 2.71 bits per heavy atom. The van der Waals surface area contributed by atoms with Crippen molar-refractivity contribution in [3.05, 3.63) is 23.8 Å². The van der Waals surface area contributed by atoms with E-state index in [0.29, 0.717) is 12.2 Å². The normalized spacial score (nSPS) is 12.5. The van der Waals surface area contributed by atoms with Gasteiger partial charge in [-0.05, 0) is 30.0 Å². The zero-order chi connectivity index (χ0) is 10.6. The van der Waals surface area contributed by atoms with Crippen LogP contribution in [0.5, 0.6) is 11.5 Å². The molecule has 0 bridgehead atoms. The molecular formula is C11H16O3. The van der Waals surface area contributed by atoms with E-state index in [0.717, 1.165) is 5.56 Å². The molecular weight excluding hydrogens is 180 g/mol. The number of hydrogen-bond acceptors (Lipinski definition) is 3. The van der Waals surface area contributed by atoms with Gasteiger partial charge in [-0.2, -0.15) is 0 Å². The Bertz CT molecular complexity index is 297. The summed E-state index contributed by atoms with van der Waals surface area (Å²) < 4.78 is 5.00. The van der Waals surface area contributed by atoms with E-state index >= 15 is 0 Å². The largest absolute Gasteiger partial charge is 0.504 e. The molecule has 0 aliphatic carbocycles. The third kappa shape index (κ3) is 2.39. The number of ether oxygens (including phenoxy) is 1. The van der Waals surface area contributed by atoms with Crippen molar-refractivity contribution in [2.24, 2.45) is 0 Å². The Hall–Kier alpha value is -1.22. The van der Waals surface area contributed by atoms with Gasteiger partial charge in [0.05, 0.1) is 7.11 Å². The van der Waals surface area contributed by atoms with Gasteiger partial charge in [-0.1, -0.05) is 13.0 Å². The summed E-state index contributed by atoms with van der Waals surface area (Å²) in [6, 6.07) is 5.26. The lowest BCUT2D eigenvalue weighted by atomic mass is 9.98. The van der Waals surface area contributed by atoms with Gasteiger partial charge >= 0.3 is 0 Å². The maximum Gasteiger partial charge on any atom is 0.160 e. The first-order chi connectivity index (χ1) is 6.69. The Morgan fingerprint density at radius 2 is 2.14 bits per heavy atom. The van der Waals surface area contributed by atoms with Crippen molar-refractivity contribution in [1.82, 2.24) is 0 Å². The number of aromatic hydroxyl groups is 1. The summed E-state index contributed by atoms with van der Waals surface area (Å²) in [4.78, 5) is 0. The molecule has 0 heterocycles. The molecule has 2 N–H and O–H groups in total. The minimum absolute atomic E-state index is 0.146. The number of aliphatic hydroxyl groups is 1. The smallest absolute Gasteiger partial charge is 0.160 e. The molecule has 1 aromatic carbocycles. The standard InChI is InChI=1S/C11H16O3/c1-8(5-6-12)9-3-4-10(13)11(7-9)14-2/h3-4,7-8,12-13H,5-6H2,1-2H3. The molecule has 0 amide bonds. The highest BCUT2D eigenvalue weighted by atomic mass is 16.5. The highest BCUT2D eigenvalue weighted by molar-refractivity contribution is 5.42. The van der Waals surface area contributed by atoms with Gasteiger partial charge in [-0.3, -0.25) is 0 Å². The number of phenolic OH excluding ortho intramolecular Hbond substituents is 1. The van der Waals surface area contributed by atoms with Crippen molar-refractivity contribution in [2.45, 2.75) is 19.3 Å². The van der Waals surface area contributed by atoms with Gasteiger partial charge in [0.2, 0.25) is 0 Å². The fourth-order valence-electron chi connectivity index (χ4n) is 1.36. The third-order valence-electron chi connectivity index (χ3n) is 2.33. The number of hydrogen-bond donors (Lipinski definition) is 2.